The molecule has 0 saturated carbocycles. The summed E-state index contributed by atoms with van der Waals surface area (Å²) in [6.45, 7) is 0. The fourth-order valence-corrected chi connectivity index (χ4v) is 3.53. The van der Waals surface area contributed by atoms with Crippen molar-refractivity contribution in [2.75, 3.05) is 12.8 Å². The lowest BCUT2D eigenvalue weighted by Gasteiger charge is -2.04. The summed E-state index contributed by atoms with van der Waals surface area (Å²) in [6, 6.07) is 15.0. The van der Waals surface area contributed by atoms with E-state index in [1.54, 1.807) is 11.8 Å². The number of rotatable bonds is 4. The van der Waals surface area contributed by atoms with Crippen molar-refractivity contribution >= 4 is 28.8 Å². The Morgan fingerprint density at radius 1 is 1.15 bits per heavy atom. The Bertz CT molecular complexity index is 1060. The van der Waals surface area contributed by atoms with Gasteiger partial charge in [-0.05, 0) is 36.4 Å². The Balaban J connectivity index is 1.68. The summed E-state index contributed by atoms with van der Waals surface area (Å²) in [5.41, 5.74) is 9.39. The van der Waals surface area contributed by atoms with Gasteiger partial charge in [-0.15, -0.1) is 16.4 Å². The molecule has 0 atom stereocenters. The van der Waals surface area contributed by atoms with Crippen LogP contribution in [0.3, 0.4) is 0 Å². The lowest BCUT2D eigenvalue weighted by molar-refractivity contribution is 0.414. The van der Waals surface area contributed by atoms with Gasteiger partial charge in [0.2, 0.25) is 0 Å². The third-order valence-electron chi connectivity index (χ3n) is 3.85. The van der Waals surface area contributed by atoms with Gasteiger partial charge in [-0.1, -0.05) is 28.9 Å². The molecule has 2 aromatic heterocycles. The molecule has 0 fully saturated rings. The molecule has 0 spiro atoms. The highest BCUT2D eigenvalue weighted by Crippen LogP contribution is 2.32. The fourth-order valence-electron chi connectivity index (χ4n) is 2.52. The van der Waals surface area contributed by atoms with Crippen molar-refractivity contribution in [1.29, 1.82) is 0 Å². The predicted molar refractivity (Wildman–Crippen MR) is 104 cm³/mol. The van der Waals surface area contributed by atoms with Crippen molar-refractivity contribution in [1.82, 2.24) is 20.0 Å². The van der Waals surface area contributed by atoms with Gasteiger partial charge in [0, 0.05) is 16.0 Å². The van der Waals surface area contributed by atoms with Crippen LogP contribution in [0.4, 0.5) is 5.82 Å². The van der Waals surface area contributed by atoms with E-state index in [1.807, 2.05) is 53.9 Å². The molecule has 0 aliphatic heterocycles. The molecule has 2 aromatic carbocycles. The topological polar surface area (TPSA) is 78.8 Å². The highest BCUT2D eigenvalue weighted by atomic mass is 35.5. The van der Waals surface area contributed by atoms with Gasteiger partial charge in [0.05, 0.1) is 18.5 Å². The standard InChI is InChI=1S/C18H14ClN5OS/c1-25-14-7-5-13(6-8-14)24-17(20)16(22-23-24)18-21-15(10-26-18)11-3-2-4-12(19)9-11/h2-10H,20H2,1H3. The molecule has 4 rings (SSSR count). The summed E-state index contributed by atoms with van der Waals surface area (Å²) < 4.78 is 6.75. The van der Waals surface area contributed by atoms with E-state index in [0.717, 1.165) is 22.7 Å². The summed E-state index contributed by atoms with van der Waals surface area (Å²) in [5.74, 6) is 1.20. The largest absolute Gasteiger partial charge is 0.497 e. The Hall–Kier alpha value is -2.90. The van der Waals surface area contributed by atoms with Crippen LogP contribution in [0.1, 0.15) is 0 Å². The lowest BCUT2D eigenvalue weighted by atomic mass is 10.2. The number of hydrogen-bond donors (Lipinski definition) is 1. The number of thiazole rings is 1. The van der Waals surface area contributed by atoms with E-state index in [4.69, 9.17) is 22.1 Å². The Morgan fingerprint density at radius 2 is 1.96 bits per heavy atom. The molecule has 0 radical (unpaired) electrons. The number of aromatic nitrogens is 4. The van der Waals surface area contributed by atoms with Crippen LogP contribution in [0.2, 0.25) is 5.02 Å². The molecule has 0 saturated heterocycles. The average molecular weight is 384 g/mol. The number of nitrogen functional groups attached to an aromatic ring is 1. The highest BCUT2D eigenvalue weighted by Gasteiger charge is 2.17. The van der Waals surface area contributed by atoms with Crippen LogP contribution in [-0.4, -0.2) is 27.1 Å². The van der Waals surface area contributed by atoms with E-state index in [2.05, 4.69) is 15.3 Å². The number of hydrogen-bond acceptors (Lipinski definition) is 6. The maximum Gasteiger partial charge on any atom is 0.165 e. The molecular formula is C18H14ClN5OS. The van der Waals surface area contributed by atoms with Gasteiger partial charge >= 0.3 is 0 Å². The Labute approximate surface area is 158 Å². The molecule has 4 aromatic rings. The lowest BCUT2D eigenvalue weighted by Crippen LogP contribution is -2.02. The molecule has 26 heavy (non-hydrogen) atoms. The molecule has 130 valence electrons. The first-order valence-electron chi connectivity index (χ1n) is 7.73. The van der Waals surface area contributed by atoms with Gasteiger partial charge in [0.15, 0.2) is 11.5 Å². The van der Waals surface area contributed by atoms with Crippen molar-refractivity contribution in [3.63, 3.8) is 0 Å². The van der Waals surface area contributed by atoms with Crippen molar-refractivity contribution in [3.05, 3.63) is 58.9 Å². The van der Waals surface area contributed by atoms with E-state index in [0.29, 0.717) is 21.5 Å². The quantitative estimate of drug-likeness (QED) is 0.568. The van der Waals surface area contributed by atoms with Crippen LogP contribution in [-0.2, 0) is 0 Å². The second-order valence-corrected chi connectivity index (χ2v) is 6.78. The number of halogens is 1. The first-order chi connectivity index (χ1) is 12.7. The smallest absolute Gasteiger partial charge is 0.165 e. The molecule has 0 aliphatic carbocycles. The van der Waals surface area contributed by atoms with Crippen LogP contribution in [0.15, 0.2) is 53.9 Å². The summed E-state index contributed by atoms with van der Waals surface area (Å²) in [5, 5.41) is 11.7. The third kappa shape index (κ3) is 3.02. The van der Waals surface area contributed by atoms with Crippen LogP contribution >= 0.6 is 22.9 Å². The van der Waals surface area contributed by atoms with Crippen LogP contribution in [0.5, 0.6) is 5.75 Å². The third-order valence-corrected chi connectivity index (χ3v) is 4.93. The number of methoxy groups -OCH3 is 1. The van der Waals surface area contributed by atoms with E-state index in [9.17, 15) is 0 Å². The van der Waals surface area contributed by atoms with E-state index < -0.39 is 0 Å². The first kappa shape index (κ1) is 16.6. The Morgan fingerprint density at radius 3 is 2.69 bits per heavy atom. The van der Waals surface area contributed by atoms with Gasteiger partial charge in [0.25, 0.3) is 0 Å². The zero-order valence-corrected chi connectivity index (χ0v) is 15.3. The predicted octanol–water partition coefficient (Wildman–Crippen LogP) is 4.30. The van der Waals surface area contributed by atoms with Crippen LogP contribution in [0.25, 0.3) is 27.6 Å². The summed E-state index contributed by atoms with van der Waals surface area (Å²) in [7, 11) is 1.62. The molecule has 0 amide bonds. The highest BCUT2D eigenvalue weighted by molar-refractivity contribution is 7.13. The van der Waals surface area contributed by atoms with Crippen LogP contribution in [0, 0.1) is 0 Å². The molecule has 6 nitrogen and oxygen atoms in total. The average Bonchev–Trinajstić information content (AvgIpc) is 3.28. The molecule has 2 N–H and O–H groups in total. The number of ether oxygens (including phenoxy) is 1. The minimum absolute atomic E-state index is 0.433. The minimum Gasteiger partial charge on any atom is -0.497 e. The molecule has 8 heteroatoms. The van der Waals surface area contributed by atoms with Gasteiger partial charge in [0.1, 0.15) is 10.8 Å². The summed E-state index contributed by atoms with van der Waals surface area (Å²) in [6.07, 6.45) is 0. The Kier molecular flexibility index (Phi) is 4.32. The zero-order valence-electron chi connectivity index (χ0n) is 13.8. The molecular weight excluding hydrogens is 370 g/mol. The SMILES string of the molecule is COc1ccc(-n2nnc(-c3nc(-c4cccc(Cl)c4)cs3)c2N)cc1. The molecule has 0 unspecified atom stereocenters. The maximum atomic E-state index is 6.26. The second kappa shape index (κ2) is 6.78. The summed E-state index contributed by atoms with van der Waals surface area (Å²) in [4.78, 5) is 4.63. The first-order valence-corrected chi connectivity index (χ1v) is 8.99. The van der Waals surface area contributed by atoms with Gasteiger partial charge in [-0.3, -0.25) is 0 Å². The van der Waals surface area contributed by atoms with Crippen molar-refractivity contribution in [3.8, 4) is 33.4 Å². The molecule has 0 bridgehead atoms. The fraction of sp³-hybridized carbons (Fsp3) is 0.0556. The number of nitrogens with two attached hydrogens (primary N) is 1. The van der Waals surface area contributed by atoms with Crippen molar-refractivity contribution in [2.24, 2.45) is 0 Å². The van der Waals surface area contributed by atoms with Crippen LogP contribution < -0.4 is 10.5 Å². The van der Waals surface area contributed by atoms with E-state index in [-0.39, 0.29) is 0 Å². The van der Waals surface area contributed by atoms with Gasteiger partial charge in [-0.25, -0.2) is 4.98 Å². The number of benzene rings is 2. The van der Waals surface area contributed by atoms with Crippen molar-refractivity contribution < 1.29 is 4.74 Å². The summed E-state index contributed by atoms with van der Waals surface area (Å²) >= 11 is 7.52. The van der Waals surface area contributed by atoms with Crippen molar-refractivity contribution in [2.45, 2.75) is 0 Å². The maximum absolute atomic E-state index is 6.26. The van der Waals surface area contributed by atoms with Gasteiger partial charge < -0.3 is 10.5 Å². The number of nitrogens with zero attached hydrogens (tertiary/aromatic N) is 4. The van der Waals surface area contributed by atoms with Gasteiger partial charge in [-0.2, -0.15) is 4.68 Å². The molecule has 2 heterocycles. The minimum atomic E-state index is 0.433. The second-order valence-electron chi connectivity index (χ2n) is 5.48. The number of anilines is 1. The monoisotopic (exact) mass is 383 g/mol. The molecule has 0 aliphatic rings. The normalized spacial score (nSPS) is 10.8. The zero-order chi connectivity index (χ0) is 18.1. The van der Waals surface area contributed by atoms with E-state index >= 15 is 0 Å². The van der Waals surface area contributed by atoms with E-state index in [1.165, 1.54) is 11.3 Å².